The zero-order chi connectivity index (χ0) is 27.6. The molecule has 2 aliphatic rings. The normalized spacial score (nSPS) is 12.8. The molecule has 0 bridgehead atoms. The molecule has 0 radical (unpaired) electrons. The summed E-state index contributed by atoms with van der Waals surface area (Å²) in [5.41, 5.74) is 17.0. The Morgan fingerprint density at radius 1 is 0.524 bits per heavy atom. The molecule has 0 N–H and O–H groups in total. The molecule has 0 amide bonds. The van der Waals surface area contributed by atoms with Crippen molar-refractivity contribution >= 4 is 27.6 Å². The van der Waals surface area contributed by atoms with Gasteiger partial charge >= 0.3 is 0 Å². The first-order valence-corrected chi connectivity index (χ1v) is 14.8. The van der Waals surface area contributed by atoms with Gasteiger partial charge in [-0.15, -0.1) is 0 Å². The van der Waals surface area contributed by atoms with Gasteiger partial charge in [-0.3, -0.25) is 0 Å². The van der Waals surface area contributed by atoms with Crippen molar-refractivity contribution in [2.75, 3.05) is 4.90 Å². The van der Waals surface area contributed by atoms with Crippen molar-refractivity contribution in [2.24, 2.45) is 0 Å². The highest BCUT2D eigenvalue weighted by Crippen LogP contribution is 2.42. The van der Waals surface area contributed by atoms with Gasteiger partial charge in [-0.25, -0.2) is 0 Å². The average Bonchev–Trinajstić information content (AvgIpc) is 3.71. The van der Waals surface area contributed by atoms with Gasteiger partial charge in [-0.1, -0.05) is 109 Å². The summed E-state index contributed by atoms with van der Waals surface area (Å²) in [6.07, 6.45) is 2.01. The largest absolute Gasteiger partial charge is 0.456 e. The second-order valence-corrected chi connectivity index (χ2v) is 11.7. The minimum Gasteiger partial charge on any atom is -0.456 e. The van der Waals surface area contributed by atoms with Crippen molar-refractivity contribution < 1.29 is 4.42 Å². The van der Waals surface area contributed by atoms with Crippen LogP contribution in [-0.4, -0.2) is 0 Å². The van der Waals surface area contributed by atoms with Crippen LogP contribution >= 0.6 is 0 Å². The van der Waals surface area contributed by atoms with Crippen LogP contribution in [0.25, 0.3) is 44.2 Å². The number of anilines is 1. The Labute approximate surface area is 245 Å². The van der Waals surface area contributed by atoms with E-state index in [-0.39, 0.29) is 0 Å². The molecule has 2 nitrogen and oxygen atoms in total. The number of rotatable bonds is 5. The third-order valence-corrected chi connectivity index (χ3v) is 9.22. The number of hydrogen-bond donors (Lipinski definition) is 0. The summed E-state index contributed by atoms with van der Waals surface area (Å²) in [6.45, 7) is 1.63. The van der Waals surface area contributed by atoms with Crippen molar-refractivity contribution in [2.45, 2.75) is 25.9 Å². The van der Waals surface area contributed by atoms with E-state index in [0.29, 0.717) is 0 Å². The van der Waals surface area contributed by atoms with Gasteiger partial charge in [0.2, 0.25) is 0 Å². The van der Waals surface area contributed by atoms with E-state index >= 15 is 0 Å². The molecular weight excluding hydrogens is 510 g/mol. The summed E-state index contributed by atoms with van der Waals surface area (Å²) in [6, 6.07) is 46.6. The van der Waals surface area contributed by atoms with Gasteiger partial charge in [0.15, 0.2) is 0 Å². The van der Waals surface area contributed by atoms with E-state index in [9.17, 15) is 0 Å². The summed E-state index contributed by atoms with van der Waals surface area (Å²) in [5.74, 6) is 0. The number of nitrogens with zero attached hydrogens (tertiary/aromatic N) is 1. The van der Waals surface area contributed by atoms with Gasteiger partial charge in [-0.2, -0.15) is 0 Å². The first-order chi connectivity index (χ1) is 20.8. The molecule has 6 aromatic carbocycles. The first-order valence-electron chi connectivity index (χ1n) is 14.8. The molecule has 1 heterocycles. The van der Waals surface area contributed by atoms with Gasteiger partial charge < -0.3 is 9.32 Å². The van der Waals surface area contributed by atoms with Crippen molar-refractivity contribution in [1.82, 2.24) is 0 Å². The Morgan fingerprint density at radius 2 is 1.21 bits per heavy atom. The van der Waals surface area contributed by atoms with Gasteiger partial charge in [0.25, 0.3) is 0 Å². The van der Waals surface area contributed by atoms with Crippen LogP contribution in [0.3, 0.4) is 0 Å². The van der Waals surface area contributed by atoms with Crippen LogP contribution in [0.5, 0.6) is 0 Å². The number of hydrogen-bond acceptors (Lipinski definition) is 2. The molecule has 0 unspecified atom stereocenters. The molecule has 42 heavy (non-hydrogen) atoms. The molecule has 0 saturated carbocycles. The summed E-state index contributed by atoms with van der Waals surface area (Å²) in [5, 5.41) is 2.36. The van der Waals surface area contributed by atoms with Crippen LogP contribution < -0.4 is 4.90 Å². The second-order valence-electron chi connectivity index (χ2n) is 11.7. The molecular formula is C40H29NO. The molecule has 7 aromatic rings. The van der Waals surface area contributed by atoms with Crippen LogP contribution in [-0.2, 0) is 25.9 Å². The zero-order valence-corrected chi connectivity index (χ0v) is 23.3. The second kappa shape index (κ2) is 9.22. The van der Waals surface area contributed by atoms with Crippen LogP contribution in [0.15, 0.2) is 132 Å². The third kappa shape index (κ3) is 3.65. The fraction of sp³-hybridized carbons (Fsp3) is 0.100. The van der Waals surface area contributed by atoms with Crippen LogP contribution in [0.4, 0.5) is 5.69 Å². The Kier molecular flexibility index (Phi) is 5.18. The standard InChI is InChI=1S/C40H29NO/c1-3-13-32-27(9-1)23-31-21-26(19-20-33(31)32)24-41(36-16-8-18-38-40(36)35-15-5-6-17-37(35)42-38)25-30-12-7-11-29-22-28-10-2-4-14-34(28)39(29)30/h1-21H,22-25H2. The number of furan rings is 1. The quantitative estimate of drug-likeness (QED) is 0.216. The Hall–Kier alpha value is -5.08. The van der Waals surface area contributed by atoms with E-state index in [1.807, 2.05) is 0 Å². The molecule has 0 spiro atoms. The van der Waals surface area contributed by atoms with Gasteiger partial charge in [-0.05, 0) is 86.7 Å². The lowest BCUT2D eigenvalue weighted by molar-refractivity contribution is 0.668. The lowest BCUT2D eigenvalue weighted by Gasteiger charge is -2.27. The minimum atomic E-state index is 0.813. The fourth-order valence-corrected chi connectivity index (χ4v) is 7.37. The molecule has 9 rings (SSSR count). The van der Waals surface area contributed by atoms with Crippen LogP contribution in [0, 0.1) is 0 Å². The summed E-state index contributed by atoms with van der Waals surface area (Å²) in [4.78, 5) is 2.56. The fourth-order valence-electron chi connectivity index (χ4n) is 7.37. The topological polar surface area (TPSA) is 16.4 Å². The van der Waals surface area contributed by atoms with E-state index in [0.717, 1.165) is 37.1 Å². The van der Waals surface area contributed by atoms with E-state index in [2.05, 4.69) is 132 Å². The average molecular weight is 540 g/mol. The lowest BCUT2D eigenvalue weighted by atomic mass is 9.98. The molecule has 0 atom stereocenters. The summed E-state index contributed by atoms with van der Waals surface area (Å²) < 4.78 is 6.33. The predicted octanol–water partition coefficient (Wildman–Crippen LogP) is 9.94. The molecule has 0 aliphatic heterocycles. The van der Waals surface area contributed by atoms with Crippen molar-refractivity contribution in [3.05, 3.63) is 161 Å². The van der Waals surface area contributed by atoms with E-state index < -0.39 is 0 Å². The highest BCUT2D eigenvalue weighted by atomic mass is 16.3. The minimum absolute atomic E-state index is 0.813. The van der Waals surface area contributed by atoms with Crippen LogP contribution in [0.2, 0.25) is 0 Å². The third-order valence-electron chi connectivity index (χ3n) is 9.22. The van der Waals surface area contributed by atoms with E-state index in [1.54, 1.807) is 0 Å². The van der Waals surface area contributed by atoms with Crippen molar-refractivity contribution in [3.63, 3.8) is 0 Å². The van der Waals surface area contributed by atoms with Gasteiger partial charge in [0.05, 0.1) is 5.39 Å². The van der Waals surface area contributed by atoms with E-state index in [1.165, 1.54) is 72.1 Å². The van der Waals surface area contributed by atoms with Gasteiger partial charge in [0.1, 0.15) is 11.2 Å². The molecule has 2 heteroatoms. The Bertz CT molecular complexity index is 2170. The zero-order valence-electron chi connectivity index (χ0n) is 23.3. The first kappa shape index (κ1) is 23.6. The molecule has 1 aromatic heterocycles. The van der Waals surface area contributed by atoms with E-state index in [4.69, 9.17) is 4.42 Å². The Morgan fingerprint density at radius 3 is 2.14 bits per heavy atom. The maximum absolute atomic E-state index is 6.33. The lowest BCUT2D eigenvalue weighted by Crippen LogP contribution is -2.23. The highest BCUT2D eigenvalue weighted by molar-refractivity contribution is 6.11. The molecule has 2 aliphatic carbocycles. The monoisotopic (exact) mass is 539 g/mol. The van der Waals surface area contributed by atoms with Crippen LogP contribution in [0.1, 0.15) is 33.4 Å². The van der Waals surface area contributed by atoms with Gasteiger partial charge in [0, 0.05) is 24.2 Å². The molecule has 200 valence electrons. The maximum Gasteiger partial charge on any atom is 0.137 e. The number of benzene rings is 6. The number of para-hydroxylation sites is 1. The summed E-state index contributed by atoms with van der Waals surface area (Å²) >= 11 is 0. The maximum atomic E-state index is 6.33. The smallest absolute Gasteiger partial charge is 0.137 e. The predicted molar refractivity (Wildman–Crippen MR) is 173 cm³/mol. The highest BCUT2D eigenvalue weighted by Gasteiger charge is 2.24. The Balaban J connectivity index is 1.18. The van der Waals surface area contributed by atoms with Crippen molar-refractivity contribution in [3.8, 4) is 22.3 Å². The number of fused-ring (bicyclic) bond motifs is 9. The summed E-state index contributed by atoms with van der Waals surface area (Å²) in [7, 11) is 0. The molecule has 0 saturated heterocycles. The van der Waals surface area contributed by atoms with Crippen molar-refractivity contribution in [1.29, 1.82) is 0 Å². The SMILES string of the molecule is c1ccc2c(c1)Cc1cc(CN(Cc3cccc4c3-c3ccccc3C4)c3cccc4oc5ccccc5c34)ccc1-2. The molecule has 0 fully saturated rings.